The molecule has 0 amide bonds. The number of hydrogen-bond donors (Lipinski definition) is 1. The molecule has 1 aromatic rings. The number of nitrogens with one attached hydrogen (secondary N) is 1. The normalized spacial score (nSPS) is 21.2. The molecule has 0 aliphatic heterocycles. The molecule has 1 N–H and O–H groups in total. The molecular weight excluding hydrogens is 222 g/mol. The van der Waals surface area contributed by atoms with Gasteiger partial charge >= 0.3 is 0 Å². The average molecular weight is 249 g/mol. The van der Waals surface area contributed by atoms with Crippen molar-refractivity contribution in [3.05, 3.63) is 18.2 Å². The SMILES string of the molecule is CCCn1ccnc1CNCC1C(C)(C)C1(C)C. The summed E-state index contributed by atoms with van der Waals surface area (Å²) in [5.74, 6) is 1.94. The first-order valence-electron chi connectivity index (χ1n) is 7.12. The van der Waals surface area contributed by atoms with Gasteiger partial charge in [0, 0.05) is 18.9 Å². The van der Waals surface area contributed by atoms with Gasteiger partial charge in [0.25, 0.3) is 0 Å². The Kier molecular flexibility index (Phi) is 3.54. The van der Waals surface area contributed by atoms with Crippen LogP contribution in [0.1, 0.15) is 46.9 Å². The van der Waals surface area contributed by atoms with Gasteiger partial charge in [0.05, 0.1) is 6.54 Å². The monoisotopic (exact) mass is 249 g/mol. The molecule has 0 bridgehead atoms. The summed E-state index contributed by atoms with van der Waals surface area (Å²) in [6, 6.07) is 0. The summed E-state index contributed by atoms with van der Waals surface area (Å²) in [5, 5.41) is 3.58. The fraction of sp³-hybridized carbons (Fsp3) is 0.800. The molecule has 0 spiro atoms. The minimum absolute atomic E-state index is 0.471. The highest BCUT2D eigenvalue weighted by Crippen LogP contribution is 2.67. The van der Waals surface area contributed by atoms with Crippen LogP contribution in [0.15, 0.2) is 12.4 Å². The van der Waals surface area contributed by atoms with E-state index in [-0.39, 0.29) is 0 Å². The smallest absolute Gasteiger partial charge is 0.122 e. The molecule has 2 rings (SSSR count). The molecule has 0 unspecified atom stereocenters. The number of aromatic nitrogens is 2. The number of aryl methyl sites for hydroxylation is 1. The third-order valence-corrected chi connectivity index (χ3v) is 5.22. The van der Waals surface area contributed by atoms with Crippen molar-refractivity contribution in [2.45, 2.75) is 54.1 Å². The summed E-state index contributed by atoms with van der Waals surface area (Å²) in [5.41, 5.74) is 0.942. The van der Waals surface area contributed by atoms with Gasteiger partial charge in [0.1, 0.15) is 5.82 Å². The predicted octanol–water partition coefficient (Wildman–Crippen LogP) is 3.06. The molecule has 3 heteroatoms. The Morgan fingerprint density at radius 3 is 2.50 bits per heavy atom. The molecule has 1 fully saturated rings. The Balaban J connectivity index is 1.81. The lowest BCUT2D eigenvalue weighted by Gasteiger charge is -2.08. The zero-order valence-electron chi connectivity index (χ0n) is 12.5. The van der Waals surface area contributed by atoms with Crippen LogP contribution < -0.4 is 5.32 Å². The molecule has 1 aliphatic rings. The summed E-state index contributed by atoms with van der Waals surface area (Å²) in [6.45, 7) is 14.7. The summed E-state index contributed by atoms with van der Waals surface area (Å²) in [7, 11) is 0. The number of nitrogens with zero attached hydrogens (tertiary/aromatic N) is 2. The van der Waals surface area contributed by atoms with Gasteiger partial charge < -0.3 is 9.88 Å². The second-order valence-corrected chi connectivity index (χ2v) is 6.66. The van der Waals surface area contributed by atoms with Gasteiger partial charge in [-0.2, -0.15) is 0 Å². The van der Waals surface area contributed by atoms with Crippen molar-refractivity contribution in [1.82, 2.24) is 14.9 Å². The van der Waals surface area contributed by atoms with Crippen LogP contribution in [0, 0.1) is 16.7 Å². The molecular formula is C15H27N3. The number of hydrogen-bond acceptors (Lipinski definition) is 2. The topological polar surface area (TPSA) is 29.9 Å². The molecule has 102 valence electrons. The van der Waals surface area contributed by atoms with Crippen LogP contribution >= 0.6 is 0 Å². The quantitative estimate of drug-likeness (QED) is 0.839. The highest BCUT2D eigenvalue weighted by Gasteiger charge is 2.63. The Morgan fingerprint density at radius 2 is 1.94 bits per heavy atom. The Hall–Kier alpha value is -0.830. The van der Waals surface area contributed by atoms with Crippen molar-refractivity contribution in [3.8, 4) is 0 Å². The molecule has 0 atom stereocenters. The molecule has 1 aliphatic carbocycles. The Morgan fingerprint density at radius 1 is 1.28 bits per heavy atom. The fourth-order valence-electron chi connectivity index (χ4n) is 3.12. The highest BCUT2D eigenvalue weighted by molar-refractivity contribution is 5.12. The van der Waals surface area contributed by atoms with Crippen LogP contribution in [-0.2, 0) is 13.1 Å². The van der Waals surface area contributed by atoms with Crippen molar-refractivity contribution >= 4 is 0 Å². The summed E-state index contributed by atoms with van der Waals surface area (Å²) in [6.07, 6.45) is 5.13. The second-order valence-electron chi connectivity index (χ2n) is 6.66. The highest BCUT2D eigenvalue weighted by atomic mass is 15.1. The average Bonchev–Trinajstić information content (AvgIpc) is 2.66. The van der Waals surface area contributed by atoms with Crippen molar-refractivity contribution in [1.29, 1.82) is 0 Å². The van der Waals surface area contributed by atoms with E-state index in [0.29, 0.717) is 10.8 Å². The van der Waals surface area contributed by atoms with E-state index in [0.717, 1.165) is 37.8 Å². The van der Waals surface area contributed by atoms with Crippen LogP contribution in [0.25, 0.3) is 0 Å². The first-order valence-corrected chi connectivity index (χ1v) is 7.12. The van der Waals surface area contributed by atoms with Gasteiger partial charge in [0.2, 0.25) is 0 Å². The predicted molar refractivity (Wildman–Crippen MR) is 75.3 cm³/mol. The maximum absolute atomic E-state index is 4.43. The van der Waals surface area contributed by atoms with Gasteiger partial charge in [-0.3, -0.25) is 0 Å². The van der Waals surface area contributed by atoms with Crippen molar-refractivity contribution < 1.29 is 0 Å². The van der Waals surface area contributed by atoms with Crippen LogP contribution in [0.4, 0.5) is 0 Å². The van der Waals surface area contributed by atoms with Gasteiger partial charge in [0.15, 0.2) is 0 Å². The number of imidazole rings is 1. The molecule has 1 saturated carbocycles. The fourth-order valence-corrected chi connectivity index (χ4v) is 3.12. The maximum atomic E-state index is 4.43. The lowest BCUT2D eigenvalue weighted by molar-refractivity contribution is 0.457. The van der Waals surface area contributed by atoms with E-state index in [1.54, 1.807) is 0 Å². The third kappa shape index (κ3) is 2.20. The van der Waals surface area contributed by atoms with Crippen LogP contribution in [0.3, 0.4) is 0 Å². The van der Waals surface area contributed by atoms with Gasteiger partial charge in [-0.1, -0.05) is 34.6 Å². The molecule has 0 saturated heterocycles. The van der Waals surface area contributed by atoms with E-state index in [1.807, 2.05) is 6.20 Å². The van der Waals surface area contributed by atoms with Crippen molar-refractivity contribution in [2.75, 3.05) is 6.54 Å². The standard InChI is InChI=1S/C15H27N3/c1-6-8-18-9-7-17-13(18)11-16-10-12-14(2,3)15(12,4)5/h7,9,12,16H,6,8,10-11H2,1-5H3. The zero-order chi connectivity index (χ0) is 13.4. The second kappa shape index (κ2) is 4.69. The summed E-state index contributed by atoms with van der Waals surface area (Å²) >= 11 is 0. The lowest BCUT2D eigenvalue weighted by Crippen LogP contribution is -2.21. The van der Waals surface area contributed by atoms with E-state index >= 15 is 0 Å². The van der Waals surface area contributed by atoms with Crippen molar-refractivity contribution in [3.63, 3.8) is 0 Å². The maximum Gasteiger partial charge on any atom is 0.122 e. The third-order valence-electron chi connectivity index (χ3n) is 5.22. The minimum Gasteiger partial charge on any atom is -0.334 e. The zero-order valence-corrected chi connectivity index (χ0v) is 12.5. The molecule has 0 aromatic carbocycles. The summed E-state index contributed by atoms with van der Waals surface area (Å²) < 4.78 is 2.25. The molecule has 18 heavy (non-hydrogen) atoms. The van der Waals surface area contributed by atoms with E-state index in [1.165, 1.54) is 0 Å². The largest absolute Gasteiger partial charge is 0.334 e. The first kappa shape index (κ1) is 13.6. The Bertz CT molecular complexity index is 390. The lowest BCUT2D eigenvalue weighted by atomic mass is 10.0. The molecule has 3 nitrogen and oxygen atoms in total. The van der Waals surface area contributed by atoms with E-state index in [4.69, 9.17) is 0 Å². The van der Waals surface area contributed by atoms with Crippen LogP contribution in [-0.4, -0.2) is 16.1 Å². The number of rotatable bonds is 6. The van der Waals surface area contributed by atoms with E-state index in [2.05, 4.69) is 55.7 Å². The van der Waals surface area contributed by atoms with Crippen LogP contribution in [0.5, 0.6) is 0 Å². The van der Waals surface area contributed by atoms with Crippen molar-refractivity contribution in [2.24, 2.45) is 16.7 Å². The molecule has 1 heterocycles. The van der Waals surface area contributed by atoms with E-state index < -0.39 is 0 Å². The van der Waals surface area contributed by atoms with E-state index in [9.17, 15) is 0 Å². The van der Waals surface area contributed by atoms with Gasteiger partial charge in [-0.25, -0.2) is 4.98 Å². The molecule has 1 aromatic heterocycles. The summed E-state index contributed by atoms with van der Waals surface area (Å²) in [4.78, 5) is 4.43. The minimum atomic E-state index is 0.471. The Labute approximate surface area is 111 Å². The van der Waals surface area contributed by atoms with Gasteiger partial charge in [-0.05, 0) is 29.7 Å². The van der Waals surface area contributed by atoms with Gasteiger partial charge in [-0.15, -0.1) is 0 Å². The van der Waals surface area contributed by atoms with Crippen LogP contribution in [0.2, 0.25) is 0 Å². The molecule has 0 radical (unpaired) electrons. The first-order chi connectivity index (χ1) is 8.41.